The van der Waals surface area contributed by atoms with Crippen molar-refractivity contribution in [2.75, 3.05) is 30.7 Å². The molecule has 0 aliphatic carbocycles. The maximum Gasteiger partial charge on any atom is 0.294 e. The Bertz CT molecular complexity index is 464. The number of carbonyl (C=O) groups is 1. The molecule has 0 radical (unpaired) electrons. The minimum Gasteiger partial charge on any atom is -0.393 e. The molecule has 0 spiro atoms. The quantitative estimate of drug-likeness (QED) is 0.238. The van der Waals surface area contributed by atoms with Crippen molar-refractivity contribution in [3.63, 3.8) is 0 Å². The normalized spacial score (nSPS) is 10.2. The van der Waals surface area contributed by atoms with Gasteiger partial charge >= 0.3 is 0 Å². The van der Waals surface area contributed by atoms with E-state index in [-0.39, 0.29) is 23.7 Å². The molecule has 0 bridgehead atoms. The molecule has 0 saturated heterocycles. The van der Waals surface area contributed by atoms with Gasteiger partial charge in [0.05, 0.1) is 4.92 Å². The summed E-state index contributed by atoms with van der Waals surface area (Å²) in [4.78, 5) is 21.7. The second-order valence-electron chi connectivity index (χ2n) is 3.87. The molecule has 1 amide bonds. The van der Waals surface area contributed by atoms with Crippen LogP contribution in [0.1, 0.15) is 6.42 Å². The van der Waals surface area contributed by atoms with E-state index in [0.29, 0.717) is 25.3 Å². The standard InChI is InChI=1S/C11H17N5O3/c12-4-6-14-5-3-11(17)15-8-1-2-9(13)10(7-8)16(18)19/h1-2,7,14H,3-6,12-13H2,(H,15,17). The Morgan fingerprint density at radius 3 is 2.74 bits per heavy atom. The van der Waals surface area contributed by atoms with E-state index in [1.165, 1.54) is 18.2 Å². The molecular weight excluding hydrogens is 250 g/mol. The minimum absolute atomic E-state index is 0.0626. The Balaban J connectivity index is 2.55. The van der Waals surface area contributed by atoms with E-state index in [2.05, 4.69) is 10.6 Å². The van der Waals surface area contributed by atoms with Crippen molar-refractivity contribution in [1.82, 2.24) is 5.32 Å². The number of amides is 1. The van der Waals surface area contributed by atoms with Crippen LogP contribution in [0.3, 0.4) is 0 Å². The van der Waals surface area contributed by atoms with Crippen LogP contribution in [-0.2, 0) is 4.79 Å². The maximum atomic E-state index is 11.6. The van der Waals surface area contributed by atoms with E-state index in [1.54, 1.807) is 0 Å². The summed E-state index contributed by atoms with van der Waals surface area (Å²) in [6.45, 7) is 1.65. The van der Waals surface area contributed by atoms with Gasteiger partial charge in [-0.3, -0.25) is 14.9 Å². The van der Waals surface area contributed by atoms with Crippen LogP contribution in [-0.4, -0.2) is 30.5 Å². The molecular formula is C11H17N5O3. The van der Waals surface area contributed by atoms with Crippen molar-refractivity contribution in [3.05, 3.63) is 28.3 Å². The SMILES string of the molecule is NCCNCCC(=O)Nc1ccc(N)c([N+](=O)[O-])c1. The minimum atomic E-state index is -0.589. The van der Waals surface area contributed by atoms with Gasteiger partial charge in [-0.25, -0.2) is 0 Å². The number of nitrogen functional groups attached to an aromatic ring is 1. The van der Waals surface area contributed by atoms with E-state index in [0.717, 1.165) is 0 Å². The largest absolute Gasteiger partial charge is 0.393 e. The topological polar surface area (TPSA) is 136 Å². The fourth-order valence-corrected chi connectivity index (χ4v) is 1.43. The molecule has 0 aliphatic heterocycles. The molecule has 0 heterocycles. The molecule has 8 heteroatoms. The van der Waals surface area contributed by atoms with Crippen LogP contribution in [0.15, 0.2) is 18.2 Å². The molecule has 0 atom stereocenters. The van der Waals surface area contributed by atoms with Crippen LogP contribution in [0.2, 0.25) is 0 Å². The first-order valence-corrected chi connectivity index (χ1v) is 5.79. The van der Waals surface area contributed by atoms with Gasteiger partial charge in [-0.2, -0.15) is 0 Å². The van der Waals surface area contributed by atoms with Crippen LogP contribution < -0.4 is 22.1 Å². The summed E-state index contributed by atoms with van der Waals surface area (Å²) < 4.78 is 0. The lowest BCUT2D eigenvalue weighted by Crippen LogP contribution is -2.26. The predicted molar refractivity (Wildman–Crippen MR) is 72.7 cm³/mol. The third kappa shape index (κ3) is 4.90. The van der Waals surface area contributed by atoms with Crippen LogP contribution in [0, 0.1) is 10.1 Å². The first kappa shape index (κ1) is 14.9. The van der Waals surface area contributed by atoms with Crippen molar-refractivity contribution in [3.8, 4) is 0 Å². The van der Waals surface area contributed by atoms with Gasteiger partial charge in [0, 0.05) is 37.8 Å². The summed E-state index contributed by atoms with van der Waals surface area (Å²) in [5, 5.41) is 16.2. The summed E-state index contributed by atoms with van der Waals surface area (Å²) in [5.41, 5.74) is 10.9. The number of nitro benzene ring substituents is 1. The fourth-order valence-electron chi connectivity index (χ4n) is 1.43. The maximum absolute atomic E-state index is 11.6. The van der Waals surface area contributed by atoms with Crippen molar-refractivity contribution in [2.24, 2.45) is 5.73 Å². The Kier molecular flexibility index (Phi) is 5.71. The smallest absolute Gasteiger partial charge is 0.294 e. The van der Waals surface area contributed by atoms with Gasteiger partial charge in [-0.1, -0.05) is 0 Å². The first-order chi connectivity index (χ1) is 9.04. The molecule has 0 saturated carbocycles. The van der Waals surface area contributed by atoms with Crippen molar-refractivity contribution >= 4 is 23.0 Å². The second kappa shape index (κ2) is 7.29. The molecule has 1 rings (SSSR count). The Hall–Kier alpha value is -2.19. The lowest BCUT2D eigenvalue weighted by atomic mass is 10.2. The first-order valence-electron chi connectivity index (χ1n) is 5.79. The number of hydrogen-bond donors (Lipinski definition) is 4. The zero-order valence-corrected chi connectivity index (χ0v) is 10.4. The predicted octanol–water partition coefficient (Wildman–Crippen LogP) is 0.0539. The number of hydrogen-bond acceptors (Lipinski definition) is 6. The third-order valence-corrected chi connectivity index (χ3v) is 2.36. The average molecular weight is 267 g/mol. The highest BCUT2D eigenvalue weighted by Crippen LogP contribution is 2.24. The monoisotopic (exact) mass is 267 g/mol. The van der Waals surface area contributed by atoms with Gasteiger partial charge in [0.25, 0.3) is 5.69 Å². The molecule has 1 aromatic rings. The molecule has 0 aromatic heterocycles. The summed E-state index contributed by atoms with van der Waals surface area (Å²) in [6.07, 6.45) is 0.262. The number of benzene rings is 1. The van der Waals surface area contributed by atoms with Gasteiger partial charge in [0.1, 0.15) is 5.69 Å². The lowest BCUT2D eigenvalue weighted by molar-refractivity contribution is -0.383. The number of rotatable bonds is 7. The zero-order valence-electron chi connectivity index (χ0n) is 10.4. The molecule has 1 aromatic carbocycles. The fraction of sp³-hybridized carbons (Fsp3) is 0.364. The van der Waals surface area contributed by atoms with Gasteiger partial charge in [-0.05, 0) is 12.1 Å². The van der Waals surface area contributed by atoms with Crippen LogP contribution in [0.4, 0.5) is 17.1 Å². The highest BCUT2D eigenvalue weighted by molar-refractivity contribution is 5.91. The molecule has 19 heavy (non-hydrogen) atoms. The molecule has 8 nitrogen and oxygen atoms in total. The van der Waals surface area contributed by atoms with Gasteiger partial charge < -0.3 is 22.1 Å². The number of anilines is 2. The van der Waals surface area contributed by atoms with Gasteiger partial charge in [0.2, 0.25) is 5.91 Å². The average Bonchev–Trinajstić information content (AvgIpc) is 2.36. The summed E-state index contributed by atoms with van der Waals surface area (Å²) >= 11 is 0. The number of nitrogens with zero attached hydrogens (tertiary/aromatic N) is 1. The molecule has 0 fully saturated rings. The van der Waals surface area contributed by atoms with Crippen LogP contribution in [0.25, 0.3) is 0 Å². The number of nitrogens with one attached hydrogen (secondary N) is 2. The number of nitrogens with two attached hydrogens (primary N) is 2. The Morgan fingerprint density at radius 1 is 1.37 bits per heavy atom. The highest BCUT2D eigenvalue weighted by atomic mass is 16.6. The Labute approximate surface area is 110 Å². The highest BCUT2D eigenvalue weighted by Gasteiger charge is 2.12. The number of carbonyl (C=O) groups excluding carboxylic acids is 1. The van der Waals surface area contributed by atoms with E-state index >= 15 is 0 Å². The lowest BCUT2D eigenvalue weighted by Gasteiger charge is -2.06. The van der Waals surface area contributed by atoms with Gasteiger partial charge in [0.15, 0.2) is 0 Å². The van der Waals surface area contributed by atoms with Crippen LogP contribution >= 0.6 is 0 Å². The Morgan fingerprint density at radius 2 is 2.11 bits per heavy atom. The molecule has 104 valence electrons. The third-order valence-electron chi connectivity index (χ3n) is 2.36. The molecule has 0 unspecified atom stereocenters. The van der Waals surface area contributed by atoms with Gasteiger partial charge in [-0.15, -0.1) is 0 Å². The molecule has 0 aliphatic rings. The second-order valence-corrected chi connectivity index (χ2v) is 3.87. The molecule has 6 N–H and O–H groups in total. The number of nitro groups is 1. The van der Waals surface area contributed by atoms with E-state index < -0.39 is 4.92 Å². The zero-order chi connectivity index (χ0) is 14.3. The van der Waals surface area contributed by atoms with E-state index in [4.69, 9.17) is 11.5 Å². The summed E-state index contributed by atoms with van der Waals surface area (Å²) in [7, 11) is 0. The summed E-state index contributed by atoms with van der Waals surface area (Å²) in [6, 6.07) is 4.15. The summed E-state index contributed by atoms with van der Waals surface area (Å²) in [5.74, 6) is -0.233. The van der Waals surface area contributed by atoms with E-state index in [1.807, 2.05) is 0 Å². The van der Waals surface area contributed by atoms with Crippen molar-refractivity contribution in [2.45, 2.75) is 6.42 Å². The van der Waals surface area contributed by atoms with E-state index in [9.17, 15) is 14.9 Å². The van der Waals surface area contributed by atoms with Crippen molar-refractivity contribution < 1.29 is 9.72 Å². The van der Waals surface area contributed by atoms with Crippen LogP contribution in [0.5, 0.6) is 0 Å². The van der Waals surface area contributed by atoms with Crippen molar-refractivity contribution in [1.29, 1.82) is 0 Å².